The summed E-state index contributed by atoms with van der Waals surface area (Å²) in [6.07, 6.45) is -17.9. The largest absolute Gasteiger partial charge is 0.397 e. The van der Waals surface area contributed by atoms with E-state index < -0.39 is 112 Å². The predicted molar refractivity (Wildman–Crippen MR) is 124 cm³/mol. The van der Waals surface area contributed by atoms with Gasteiger partial charge in [-0.2, -0.15) is 25.3 Å². The Morgan fingerprint density at radius 3 is 1.83 bits per heavy atom. The average molecular weight is 667 g/mol. The van der Waals surface area contributed by atoms with Gasteiger partial charge in [0.05, 0.1) is 19.8 Å². The Morgan fingerprint density at radius 2 is 1.34 bits per heavy atom. The van der Waals surface area contributed by atoms with E-state index in [-0.39, 0.29) is 13.2 Å². The van der Waals surface area contributed by atoms with Crippen molar-refractivity contribution in [2.24, 2.45) is 5.73 Å². The third-order valence-electron chi connectivity index (χ3n) is 5.37. The summed E-state index contributed by atoms with van der Waals surface area (Å²) in [5, 5.41) is 33.9. The average Bonchev–Trinajstić information content (AvgIpc) is 2.81. The van der Waals surface area contributed by atoms with Gasteiger partial charge in [0.2, 0.25) is 5.91 Å². The second-order valence-corrected chi connectivity index (χ2v) is 11.7. The lowest BCUT2D eigenvalue weighted by atomic mass is 9.95. The molecular formula is C16H30N2O20S3. The maximum Gasteiger partial charge on any atom is 0.397 e. The van der Waals surface area contributed by atoms with Gasteiger partial charge in [0, 0.05) is 13.5 Å². The highest BCUT2D eigenvalue weighted by molar-refractivity contribution is 7.81. The minimum absolute atomic E-state index is 0.0758. The summed E-state index contributed by atoms with van der Waals surface area (Å²) >= 11 is 0. The van der Waals surface area contributed by atoms with E-state index in [1.54, 1.807) is 0 Å². The summed E-state index contributed by atoms with van der Waals surface area (Å²) in [7, 11) is -15.7. The third-order valence-corrected chi connectivity index (χ3v) is 6.70. The summed E-state index contributed by atoms with van der Waals surface area (Å²) in [5.74, 6) is -0.932. The number of carbonyl (C=O) groups is 1. The van der Waals surface area contributed by atoms with Gasteiger partial charge < -0.3 is 45.3 Å². The number of hydrogen-bond acceptors (Lipinski definition) is 18. The third kappa shape index (κ3) is 11.4. The van der Waals surface area contributed by atoms with Crippen LogP contribution in [0.25, 0.3) is 0 Å². The van der Waals surface area contributed by atoms with Gasteiger partial charge in [-0.3, -0.25) is 18.5 Å². The molecule has 2 rings (SSSR count). The molecule has 41 heavy (non-hydrogen) atoms. The van der Waals surface area contributed by atoms with Crippen molar-refractivity contribution >= 4 is 37.1 Å². The van der Waals surface area contributed by atoms with E-state index in [1.807, 2.05) is 0 Å². The number of hydrogen-bond donors (Lipinski definition) is 8. The van der Waals surface area contributed by atoms with Gasteiger partial charge >= 0.3 is 31.2 Å². The van der Waals surface area contributed by atoms with Crippen molar-refractivity contribution in [3.05, 3.63) is 0 Å². The molecule has 2 heterocycles. The quantitative estimate of drug-likeness (QED) is 0.0800. The highest BCUT2D eigenvalue weighted by Crippen LogP contribution is 2.31. The van der Waals surface area contributed by atoms with E-state index in [9.17, 15) is 49.9 Å². The molecule has 0 aromatic rings. The number of amides is 1. The lowest BCUT2D eigenvalue weighted by molar-refractivity contribution is -0.344. The van der Waals surface area contributed by atoms with Crippen LogP contribution in [0.1, 0.15) is 6.92 Å². The topological polar surface area (TPSA) is 344 Å². The second kappa shape index (κ2) is 14.5. The first kappa shape index (κ1) is 36.0. The molecule has 0 aromatic heterocycles. The zero-order valence-corrected chi connectivity index (χ0v) is 23.3. The van der Waals surface area contributed by atoms with E-state index in [4.69, 9.17) is 33.8 Å². The molecule has 0 unspecified atom stereocenters. The predicted octanol–water partition coefficient (Wildman–Crippen LogP) is -5.79. The number of nitrogens with one attached hydrogen (secondary N) is 1. The number of aliphatic hydroxyl groups excluding tert-OH is 3. The fourth-order valence-electron chi connectivity index (χ4n) is 3.80. The minimum atomic E-state index is -5.41. The number of ether oxygens (including phenoxy) is 4. The Bertz CT molecular complexity index is 1200. The molecule has 2 aliphatic heterocycles. The number of carbonyl (C=O) groups excluding carboxylic acids is 1. The Balaban J connectivity index is 2.49. The molecule has 25 heteroatoms. The monoisotopic (exact) mass is 666 g/mol. The van der Waals surface area contributed by atoms with Crippen molar-refractivity contribution in [2.45, 2.75) is 68.3 Å². The smallest absolute Gasteiger partial charge is 0.387 e. The molecule has 0 aliphatic carbocycles. The van der Waals surface area contributed by atoms with Gasteiger partial charge in [0.1, 0.15) is 48.8 Å². The Labute approximate surface area is 233 Å². The summed E-state index contributed by atoms with van der Waals surface area (Å²) in [4.78, 5) is 11.9. The van der Waals surface area contributed by atoms with Gasteiger partial charge in [0.25, 0.3) is 0 Å². The molecule has 1 amide bonds. The van der Waals surface area contributed by atoms with Crippen LogP contribution >= 0.6 is 0 Å². The van der Waals surface area contributed by atoms with Crippen molar-refractivity contribution < 1.29 is 90.5 Å². The van der Waals surface area contributed by atoms with Crippen LogP contribution in [-0.4, -0.2) is 148 Å². The van der Waals surface area contributed by atoms with Crippen LogP contribution in [0.3, 0.4) is 0 Å². The lowest BCUT2D eigenvalue weighted by Crippen LogP contribution is -2.68. The van der Waals surface area contributed by atoms with Gasteiger partial charge in [0.15, 0.2) is 12.6 Å². The highest BCUT2D eigenvalue weighted by Gasteiger charge is 2.53. The van der Waals surface area contributed by atoms with Gasteiger partial charge in [-0.1, -0.05) is 0 Å². The number of rotatable bonds is 14. The van der Waals surface area contributed by atoms with Crippen molar-refractivity contribution in [1.29, 1.82) is 0 Å². The molecular weight excluding hydrogens is 636 g/mol. The normalized spacial score (nSPS) is 35.2. The van der Waals surface area contributed by atoms with Gasteiger partial charge in [-0.25, -0.2) is 12.5 Å². The van der Waals surface area contributed by atoms with Crippen LogP contribution in [0.5, 0.6) is 0 Å². The molecule has 0 saturated carbocycles. The molecule has 242 valence electrons. The summed E-state index contributed by atoms with van der Waals surface area (Å²) in [5.41, 5.74) is 5.32. The summed E-state index contributed by atoms with van der Waals surface area (Å²) in [6, 6.07) is -1.91. The first-order chi connectivity index (χ1) is 18.7. The second-order valence-electron chi connectivity index (χ2n) is 8.46. The van der Waals surface area contributed by atoms with E-state index in [0.29, 0.717) is 0 Å². The minimum Gasteiger partial charge on any atom is -0.387 e. The fourth-order valence-corrected chi connectivity index (χ4v) is 4.93. The standard InChI is InChI=1S/C16H30N2O20S3/c1-6(19)18-9-14(38-41(29,30)31)10(20)7(4-33-39(23,24)25)35-15(9)37-13-8(5-34-40(26,27)28)36-16(32-3-2-17)12(22)11(13)21/h7-16,20-22H,2-5,17H2,1H3,(H,18,19)(H,23,24,25)(H,26,27,28)(H,29,30,31)/t7-,8-,9-,10-,11-,12-,13-,14-,15-,16-/m1/s1. The highest BCUT2D eigenvalue weighted by atomic mass is 32.3. The molecule has 2 saturated heterocycles. The van der Waals surface area contributed by atoms with Crippen LogP contribution in [0.2, 0.25) is 0 Å². The number of nitrogens with two attached hydrogens (primary N) is 1. The maximum atomic E-state index is 11.9. The fraction of sp³-hybridized carbons (Fsp3) is 0.938. The van der Waals surface area contributed by atoms with Crippen LogP contribution in [0.15, 0.2) is 0 Å². The Morgan fingerprint density at radius 1 is 0.805 bits per heavy atom. The molecule has 9 N–H and O–H groups in total. The molecule has 10 atom stereocenters. The molecule has 0 spiro atoms. The zero-order chi connectivity index (χ0) is 31.3. The van der Waals surface area contributed by atoms with Crippen LogP contribution in [-0.2, 0) is 67.5 Å². The Hall–Kier alpha value is -1.24. The van der Waals surface area contributed by atoms with E-state index in [2.05, 4.69) is 17.9 Å². The zero-order valence-electron chi connectivity index (χ0n) is 20.8. The van der Waals surface area contributed by atoms with Crippen molar-refractivity contribution in [3.8, 4) is 0 Å². The maximum absolute atomic E-state index is 11.9. The van der Waals surface area contributed by atoms with Crippen molar-refractivity contribution in [3.63, 3.8) is 0 Å². The van der Waals surface area contributed by atoms with Crippen molar-refractivity contribution in [1.82, 2.24) is 5.32 Å². The SMILES string of the molecule is CC(=O)N[C@H]1[C@@H](O[C@H]2[C@H](O)[C@@H](O)[C@H](OCCN)O[C@@H]2COS(=O)(=O)O)O[C@H](COS(=O)(=O)O)[C@@H](O)[C@@H]1OS(=O)(=O)O. The van der Waals surface area contributed by atoms with Crippen LogP contribution in [0, 0.1) is 0 Å². The number of aliphatic hydroxyl groups is 3. The van der Waals surface area contributed by atoms with Crippen LogP contribution < -0.4 is 11.1 Å². The first-order valence-electron chi connectivity index (χ1n) is 11.2. The van der Waals surface area contributed by atoms with Gasteiger partial charge in [-0.15, -0.1) is 0 Å². The summed E-state index contributed by atoms with van der Waals surface area (Å²) in [6.45, 7) is -1.71. The Kier molecular flexibility index (Phi) is 12.7. The lowest BCUT2D eigenvalue weighted by Gasteiger charge is -2.47. The van der Waals surface area contributed by atoms with Crippen LogP contribution in [0.4, 0.5) is 0 Å². The van der Waals surface area contributed by atoms with E-state index >= 15 is 0 Å². The molecule has 0 bridgehead atoms. The molecule has 22 nitrogen and oxygen atoms in total. The molecule has 2 aliphatic rings. The molecule has 0 aromatic carbocycles. The van der Waals surface area contributed by atoms with Crippen molar-refractivity contribution in [2.75, 3.05) is 26.4 Å². The molecule has 2 fully saturated rings. The van der Waals surface area contributed by atoms with E-state index in [0.717, 1.165) is 6.92 Å². The van der Waals surface area contributed by atoms with E-state index in [1.165, 1.54) is 0 Å². The van der Waals surface area contributed by atoms with Gasteiger partial charge in [-0.05, 0) is 0 Å². The first-order valence-corrected chi connectivity index (χ1v) is 15.3. The molecule has 0 radical (unpaired) electrons. The summed E-state index contributed by atoms with van der Waals surface area (Å²) < 4.78 is 129.